The van der Waals surface area contributed by atoms with Crippen LogP contribution in [0, 0.1) is 0 Å². The zero-order chi connectivity index (χ0) is 25.4. The fourth-order valence-electron chi connectivity index (χ4n) is 3.82. The zero-order valence-corrected chi connectivity index (χ0v) is 20.5. The van der Waals surface area contributed by atoms with Crippen molar-refractivity contribution in [3.63, 3.8) is 0 Å². The van der Waals surface area contributed by atoms with Crippen molar-refractivity contribution in [2.45, 2.75) is 38.6 Å². The van der Waals surface area contributed by atoms with Gasteiger partial charge in [-0.3, -0.25) is 9.52 Å². The summed E-state index contributed by atoms with van der Waals surface area (Å²) in [5, 5.41) is 8.37. The van der Waals surface area contributed by atoms with Crippen LogP contribution in [-0.4, -0.2) is 37.8 Å². The average Bonchev–Trinajstić information content (AvgIpc) is 3.09. The first kappa shape index (κ1) is 25.0. The van der Waals surface area contributed by atoms with E-state index in [9.17, 15) is 26.4 Å². The van der Waals surface area contributed by atoms with Gasteiger partial charge in [0.25, 0.3) is 0 Å². The molecule has 3 aromatic rings. The third-order valence-corrected chi connectivity index (χ3v) is 7.62. The Balaban J connectivity index is 1.77. The minimum absolute atomic E-state index is 0.0433. The van der Waals surface area contributed by atoms with Gasteiger partial charge >= 0.3 is 15.5 Å². The molecule has 0 amide bonds. The molecule has 13 heteroatoms. The van der Waals surface area contributed by atoms with Crippen LogP contribution in [0.4, 0.5) is 35.4 Å². The SMILES string of the molecule is CCN1CCCCc2cc(N=Nc3nc4ccc(C(C)=O)cc4s3)c(NS(=O)(=O)C(F)(F)F)cc21. The summed E-state index contributed by atoms with van der Waals surface area (Å²) < 4.78 is 65.4. The predicted octanol–water partition coefficient (Wildman–Crippen LogP) is 6.34. The van der Waals surface area contributed by atoms with Crippen LogP contribution in [-0.2, 0) is 16.4 Å². The second-order valence-electron chi connectivity index (χ2n) is 8.02. The number of nitrogens with zero attached hydrogens (tertiary/aromatic N) is 4. The van der Waals surface area contributed by atoms with Crippen molar-refractivity contribution in [3.05, 3.63) is 41.5 Å². The molecule has 0 saturated heterocycles. The normalized spacial score (nSPS) is 14.8. The molecule has 0 atom stereocenters. The molecule has 2 aromatic carbocycles. The zero-order valence-electron chi connectivity index (χ0n) is 18.9. The molecule has 8 nitrogen and oxygen atoms in total. The number of anilines is 2. The van der Waals surface area contributed by atoms with E-state index in [1.807, 2.05) is 11.8 Å². The number of aryl methyl sites for hydroxylation is 1. The molecule has 1 aliphatic heterocycles. The molecule has 1 N–H and O–H groups in total. The molecule has 186 valence electrons. The van der Waals surface area contributed by atoms with E-state index in [0.717, 1.165) is 29.7 Å². The highest BCUT2D eigenvalue weighted by atomic mass is 32.2. The highest BCUT2D eigenvalue weighted by molar-refractivity contribution is 7.93. The van der Waals surface area contributed by atoms with E-state index in [-0.39, 0.29) is 22.3 Å². The molecule has 1 aromatic heterocycles. The lowest BCUT2D eigenvalue weighted by molar-refractivity contribution is -0.0429. The number of rotatable bonds is 6. The van der Waals surface area contributed by atoms with Gasteiger partial charge in [-0.25, -0.2) is 4.98 Å². The van der Waals surface area contributed by atoms with Gasteiger partial charge in [0.15, 0.2) is 5.78 Å². The summed E-state index contributed by atoms with van der Waals surface area (Å²) in [6.07, 6.45) is 2.45. The highest BCUT2D eigenvalue weighted by Crippen LogP contribution is 2.39. The lowest BCUT2D eigenvalue weighted by atomic mass is 10.1. The van der Waals surface area contributed by atoms with Crippen molar-refractivity contribution in [1.29, 1.82) is 0 Å². The number of Topliss-reactive ketones (excluding diaryl/α,β-unsaturated/α-hetero) is 1. The summed E-state index contributed by atoms with van der Waals surface area (Å²) in [7, 11) is -5.66. The van der Waals surface area contributed by atoms with Crippen LogP contribution < -0.4 is 9.62 Å². The van der Waals surface area contributed by atoms with Crippen molar-refractivity contribution in [2.24, 2.45) is 10.2 Å². The van der Waals surface area contributed by atoms with Crippen molar-refractivity contribution < 1.29 is 26.4 Å². The number of alkyl halides is 3. The standard InChI is InChI=1S/C22H22F3N5O3S2/c1-3-30-9-5-4-6-15-10-17(18(12-19(15)30)29-35(32,33)22(23,24)25)27-28-21-26-16-8-7-14(13(2)31)11-20(16)34-21/h7-8,10-12,29H,3-6,9H2,1-2H3. The van der Waals surface area contributed by atoms with Gasteiger partial charge in [0.1, 0.15) is 5.69 Å². The summed E-state index contributed by atoms with van der Waals surface area (Å²) in [6.45, 7) is 4.70. The average molecular weight is 526 g/mol. The topological polar surface area (TPSA) is 104 Å². The van der Waals surface area contributed by atoms with Gasteiger partial charge < -0.3 is 4.90 Å². The van der Waals surface area contributed by atoms with Crippen LogP contribution in [0.25, 0.3) is 10.2 Å². The number of ketones is 1. The summed E-state index contributed by atoms with van der Waals surface area (Å²) in [6, 6.07) is 7.95. The number of azo groups is 1. The monoisotopic (exact) mass is 525 g/mol. The number of aromatic nitrogens is 1. The van der Waals surface area contributed by atoms with Crippen molar-refractivity contribution in [3.8, 4) is 0 Å². The molecule has 0 aliphatic carbocycles. The number of benzene rings is 2. The van der Waals surface area contributed by atoms with Gasteiger partial charge in [0.05, 0.1) is 15.9 Å². The molecule has 2 heterocycles. The maximum atomic E-state index is 13.1. The number of halogens is 3. The molecule has 0 bridgehead atoms. The first-order valence-electron chi connectivity index (χ1n) is 10.8. The van der Waals surface area contributed by atoms with E-state index in [1.165, 1.54) is 13.0 Å². The van der Waals surface area contributed by atoms with E-state index in [1.54, 1.807) is 29.0 Å². The Labute approximate surface area is 203 Å². The Bertz CT molecular complexity index is 1420. The Hall–Kier alpha value is -3.06. The Morgan fingerprint density at radius 3 is 2.66 bits per heavy atom. The third kappa shape index (κ3) is 5.30. The predicted molar refractivity (Wildman–Crippen MR) is 130 cm³/mol. The van der Waals surface area contributed by atoms with Crippen molar-refractivity contribution in [2.75, 3.05) is 22.7 Å². The maximum absolute atomic E-state index is 13.1. The summed E-state index contributed by atoms with van der Waals surface area (Å²) in [5.41, 5.74) is -3.22. The largest absolute Gasteiger partial charge is 0.516 e. The van der Waals surface area contributed by atoms with Gasteiger partial charge in [-0.1, -0.05) is 11.3 Å². The fourth-order valence-corrected chi connectivity index (χ4v) is 5.21. The molecule has 1 aliphatic rings. The molecular weight excluding hydrogens is 503 g/mol. The van der Waals surface area contributed by atoms with Crippen molar-refractivity contribution >= 4 is 59.6 Å². The maximum Gasteiger partial charge on any atom is 0.516 e. The molecule has 35 heavy (non-hydrogen) atoms. The van der Waals surface area contributed by atoms with E-state index >= 15 is 0 Å². The van der Waals surface area contributed by atoms with Crippen LogP contribution in [0.3, 0.4) is 0 Å². The second-order valence-corrected chi connectivity index (χ2v) is 10.7. The lowest BCUT2D eigenvalue weighted by Crippen LogP contribution is -2.30. The molecule has 0 unspecified atom stereocenters. The van der Waals surface area contributed by atoms with Crippen LogP contribution in [0.2, 0.25) is 0 Å². The van der Waals surface area contributed by atoms with Gasteiger partial charge in [0.2, 0.25) is 5.13 Å². The highest BCUT2D eigenvalue weighted by Gasteiger charge is 2.46. The molecule has 0 fully saturated rings. The van der Waals surface area contributed by atoms with Crippen LogP contribution in [0.1, 0.15) is 42.6 Å². The molecule has 4 rings (SSSR count). The Morgan fingerprint density at radius 1 is 1.20 bits per heavy atom. The summed E-state index contributed by atoms with van der Waals surface area (Å²) in [4.78, 5) is 17.9. The summed E-state index contributed by atoms with van der Waals surface area (Å²) in [5.74, 6) is -0.101. The number of fused-ring (bicyclic) bond motifs is 2. The Morgan fingerprint density at radius 2 is 1.97 bits per heavy atom. The number of thiazole rings is 1. The second kappa shape index (κ2) is 9.53. The number of hydrogen-bond acceptors (Lipinski definition) is 8. The Kier molecular flexibility index (Phi) is 6.82. The summed E-state index contributed by atoms with van der Waals surface area (Å²) >= 11 is 1.16. The van der Waals surface area contributed by atoms with Gasteiger partial charge in [-0.05, 0) is 69.0 Å². The first-order valence-corrected chi connectivity index (χ1v) is 13.1. The molecule has 0 spiro atoms. The lowest BCUT2D eigenvalue weighted by Gasteiger charge is -2.24. The first-order chi connectivity index (χ1) is 16.5. The minimum atomic E-state index is -5.66. The van der Waals surface area contributed by atoms with Gasteiger partial charge in [-0.15, -0.1) is 10.2 Å². The number of nitrogens with one attached hydrogen (secondary N) is 1. The minimum Gasteiger partial charge on any atom is -0.372 e. The third-order valence-electron chi connectivity index (χ3n) is 5.62. The van der Waals surface area contributed by atoms with Gasteiger partial charge in [0, 0.05) is 24.3 Å². The van der Waals surface area contributed by atoms with Crippen molar-refractivity contribution in [1.82, 2.24) is 4.98 Å². The van der Waals surface area contributed by atoms with Crippen LogP contribution in [0.15, 0.2) is 40.6 Å². The van der Waals surface area contributed by atoms with E-state index < -0.39 is 15.5 Å². The fraction of sp³-hybridized carbons (Fsp3) is 0.364. The molecular formula is C22H22F3N5O3S2. The molecule has 0 saturated carbocycles. The molecule has 0 radical (unpaired) electrons. The van der Waals surface area contributed by atoms with E-state index in [2.05, 4.69) is 15.2 Å². The number of carbonyl (C=O) groups is 1. The van der Waals surface area contributed by atoms with E-state index in [0.29, 0.717) is 41.0 Å². The smallest absolute Gasteiger partial charge is 0.372 e. The number of hydrogen-bond donors (Lipinski definition) is 1. The van der Waals surface area contributed by atoms with E-state index in [4.69, 9.17) is 0 Å². The van der Waals surface area contributed by atoms with Crippen LogP contribution in [0.5, 0.6) is 0 Å². The quantitative estimate of drug-likeness (QED) is 0.299. The van der Waals surface area contributed by atoms with Gasteiger partial charge in [-0.2, -0.15) is 21.6 Å². The number of sulfonamides is 1. The number of carbonyl (C=O) groups excluding carboxylic acids is 1. The van der Waals surface area contributed by atoms with Crippen LogP contribution >= 0.6 is 11.3 Å².